The fourth-order valence-corrected chi connectivity index (χ4v) is 4.68. The summed E-state index contributed by atoms with van der Waals surface area (Å²) in [6, 6.07) is 6.43. The third-order valence-corrected chi connectivity index (χ3v) is 5.93. The molecule has 120 valence electrons. The second-order valence-corrected chi connectivity index (χ2v) is 7.05. The van der Waals surface area contributed by atoms with E-state index in [1.807, 2.05) is 6.07 Å². The van der Waals surface area contributed by atoms with Crippen LogP contribution in [0.15, 0.2) is 18.2 Å². The number of ether oxygens (including phenoxy) is 2. The van der Waals surface area contributed by atoms with Crippen LogP contribution in [0.4, 0.5) is 0 Å². The van der Waals surface area contributed by atoms with Crippen LogP contribution in [0.5, 0.6) is 5.75 Å². The van der Waals surface area contributed by atoms with E-state index in [1.165, 1.54) is 24.7 Å². The molecule has 0 radical (unpaired) electrons. The van der Waals surface area contributed by atoms with Crippen LogP contribution < -0.4 is 4.74 Å². The van der Waals surface area contributed by atoms with Gasteiger partial charge in [-0.15, -0.1) is 0 Å². The average Bonchev–Trinajstić information content (AvgIpc) is 2.73. The van der Waals surface area contributed by atoms with Gasteiger partial charge in [-0.05, 0) is 74.1 Å². The van der Waals surface area contributed by atoms with Crippen molar-refractivity contribution < 1.29 is 14.3 Å². The summed E-state index contributed by atoms with van der Waals surface area (Å²) in [7, 11) is 3.24. The number of methoxy groups -OCH3 is 2. The molecule has 0 unspecified atom stereocenters. The fourth-order valence-electron chi connectivity index (χ4n) is 4.68. The molecule has 2 aliphatic rings. The van der Waals surface area contributed by atoms with E-state index in [0.29, 0.717) is 11.8 Å². The smallest absolute Gasteiger partial charge is 0.311 e. The Labute approximate surface area is 133 Å². The maximum absolute atomic E-state index is 12.4. The lowest BCUT2D eigenvalue weighted by Crippen LogP contribution is -2.44. The van der Waals surface area contributed by atoms with Gasteiger partial charge in [0.05, 0.1) is 19.6 Å². The van der Waals surface area contributed by atoms with E-state index >= 15 is 0 Å². The molecular weight excluding hydrogens is 276 g/mol. The SMILES string of the molecule is COC(=O)[C@]1(C)CCC[C@@H]2Cc3cc(OC)ccc3CC[C@H]21. The summed E-state index contributed by atoms with van der Waals surface area (Å²) in [6.07, 6.45) is 6.48. The maximum atomic E-state index is 12.4. The van der Waals surface area contributed by atoms with Crippen molar-refractivity contribution in [3.8, 4) is 5.75 Å². The number of esters is 1. The second kappa shape index (κ2) is 5.94. The molecule has 3 nitrogen and oxygen atoms in total. The lowest BCUT2D eigenvalue weighted by atomic mass is 9.60. The van der Waals surface area contributed by atoms with Crippen LogP contribution in [0.3, 0.4) is 0 Å². The molecule has 1 aromatic rings. The minimum Gasteiger partial charge on any atom is -0.497 e. The van der Waals surface area contributed by atoms with Gasteiger partial charge in [-0.2, -0.15) is 0 Å². The number of hydrogen-bond donors (Lipinski definition) is 0. The van der Waals surface area contributed by atoms with Gasteiger partial charge in [0.15, 0.2) is 0 Å². The van der Waals surface area contributed by atoms with Crippen LogP contribution in [0, 0.1) is 17.3 Å². The molecule has 1 fully saturated rings. The van der Waals surface area contributed by atoms with Crippen molar-refractivity contribution in [3.05, 3.63) is 29.3 Å². The molecule has 3 atom stereocenters. The van der Waals surface area contributed by atoms with Gasteiger partial charge in [-0.25, -0.2) is 0 Å². The first-order chi connectivity index (χ1) is 10.6. The van der Waals surface area contributed by atoms with E-state index in [0.717, 1.165) is 37.9 Å². The summed E-state index contributed by atoms with van der Waals surface area (Å²) < 4.78 is 10.5. The second-order valence-electron chi connectivity index (χ2n) is 7.05. The molecule has 0 saturated heterocycles. The summed E-state index contributed by atoms with van der Waals surface area (Å²) >= 11 is 0. The highest BCUT2D eigenvalue weighted by Gasteiger charge is 2.48. The molecule has 22 heavy (non-hydrogen) atoms. The van der Waals surface area contributed by atoms with E-state index in [2.05, 4.69) is 19.1 Å². The van der Waals surface area contributed by atoms with Crippen LogP contribution >= 0.6 is 0 Å². The van der Waals surface area contributed by atoms with Crippen molar-refractivity contribution in [2.24, 2.45) is 17.3 Å². The number of aryl methyl sites for hydroxylation is 1. The molecule has 1 saturated carbocycles. The Morgan fingerprint density at radius 2 is 2.05 bits per heavy atom. The number of carbonyl (C=O) groups excluding carboxylic acids is 1. The number of carbonyl (C=O) groups is 1. The molecule has 3 rings (SSSR count). The van der Waals surface area contributed by atoms with Gasteiger partial charge in [-0.3, -0.25) is 4.79 Å². The van der Waals surface area contributed by atoms with Gasteiger partial charge in [-0.1, -0.05) is 12.5 Å². The lowest BCUT2D eigenvalue weighted by Gasteiger charge is -2.43. The largest absolute Gasteiger partial charge is 0.497 e. The van der Waals surface area contributed by atoms with Crippen molar-refractivity contribution in [1.82, 2.24) is 0 Å². The summed E-state index contributed by atoms with van der Waals surface area (Å²) in [5.41, 5.74) is 2.51. The summed E-state index contributed by atoms with van der Waals surface area (Å²) in [6.45, 7) is 2.12. The molecule has 0 amide bonds. The monoisotopic (exact) mass is 302 g/mol. The zero-order valence-corrected chi connectivity index (χ0v) is 13.9. The molecule has 1 aromatic carbocycles. The lowest BCUT2D eigenvalue weighted by molar-refractivity contribution is -0.160. The highest BCUT2D eigenvalue weighted by molar-refractivity contribution is 5.77. The van der Waals surface area contributed by atoms with Crippen LogP contribution in [-0.2, 0) is 22.4 Å². The van der Waals surface area contributed by atoms with E-state index in [4.69, 9.17) is 9.47 Å². The number of hydrogen-bond acceptors (Lipinski definition) is 3. The number of rotatable bonds is 2. The van der Waals surface area contributed by atoms with Crippen LogP contribution in [0.25, 0.3) is 0 Å². The highest BCUT2D eigenvalue weighted by atomic mass is 16.5. The minimum absolute atomic E-state index is 0.0225. The predicted octanol–water partition coefficient (Wildman–Crippen LogP) is 3.78. The third-order valence-electron chi connectivity index (χ3n) is 5.93. The van der Waals surface area contributed by atoms with Crippen molar-refractivity contribution in [2.75, 3.05) is 14.2 Å². The molecule has 0 spiro atoms. The Kier molecular flexibility index (Phi) is 4.16. The summed E-state index contributed by atoms with van der Waals surface area (Å²) in [5.74, 6) is 1.91. The van der Waals surface area contributed by atoms with Crippen molar-refractivity contribution >= 4 is 5.97 Å². The first kappa shape index (κ1) is 15.4. The Balaban J connectivity index is 1.91. The summed E-state index contributed by atoms with van der Waals surface area (Å²) in [5, 5.41) is 0. The van der Waals surface area contributed by atoms with Gasteiger partial charge in [0.2, 0.25) is 0 Å². The van der Waals surface area contributed by atoms with E-state index in [1.54, 1.807) is 7.11 Å². The Hall–Kier alpha value is -1.51. The maximum Gasteiger partial charge on any atom is 0.311 e. The zero-order chi connectivity index (χ0) is 15.7. The van der Waals surface area contributed by atoms with Crippen LogP contribution in [0.2, 0.25) is 0 Å². The van der Waals surface area contributed by atoms with Gasteiger partial charge in [0, 0.05) is 0 Å². The quantitative estimate of drug-likeness (QED) is 0.780. The molecular formula is C19H26O3. The van der Waals surface area contributed by atoms with Gasteiger partial charge in [0.25, 0.3) is 0 Å². The van der Waals surface area contributed by atoms with E-state index in [-0.39, 0.29) is 11.4 Å². The Morgan fingerprint density at radius 1 is 1.23 bits per heavy atom. The first-order valence-corrected chi connectivity index (χ1v) is 8.32. The van der Waals surface area contributed by atoms with E-state index < -0.39 is 0 Å². The Morgan fingerprint density at radius 3 is 2.77 bits per heavy atom. The molecule has 0 aromatic heterocycles. The topological polar surface area (TPSA) is 35.5 Å². The average molecular weight is 302 g/mol. The van der Waals surface area contributed by atoms with Gasteiger partial charge >= 0.3 is 5.97 Å². The van der Waals surface area contributed by atoms with Gasteiger partial charge in [0.1, 0.15) is 5.75 Å². The molecule has 2 aliphatic carbocycles. The van der Waals surface area contributed by atoms with Crippen molar-refractivity contribution in [2.45, 2.75) is 45.4 Å². The third kappa shape index (κ3) is 2.51. The predicted molar refractivity (Wildman–Crippen MR) is 86.0 cm³/mol. The molecule has 0 N–H and O–H groups in total. The van der Waals surface area contributed by atoms with Crippen LogP contribution in [-0.4, -0.2) is 20.2 Å². The van der Waals surface area contributed by atoms with Crippen molar-refractivity contribution in [1.29, 1.82) is 0 Å². The highest BCUT2D eigenvalue weighted by Crippen LogP contribution is 2.50. The van der Waals surface area contributed by atoms with Gasteiger partial charge < -0.3 is 9.47 Å². The molecule has 0 aliphatic heterocycles. The number of fused-ring (bicyclic) bond motifs is 2. The standard InChI is InChI=1S/C19H26O3/c1-19(18(20)22-3)10-4-5-14-11-15-12-16(21-2)8-6-13(15)7-9-17(14)19/h6,8,12,14,17H,4-5,7,9-11H2,1-3H3/t14-,17-,19-/m1/s1. The fraction of sp³-hybridized carbons (Fsp3) is 0.632. The molecule has 3 heteroatoms. The molecule has 0 heterocycles. The van der Waals surface area contributed by atoms with E-state index in [9.17, 15) is 4.79 Å². The normalized spacial score (nSPS) is 30.7. The summed E-state index contributed by atoms with van der Waals surface area (Å²) in [4.78, 5) is 12.4. The Bertz CT molecular complexity index is 566. The minimum atomic E-state index is -0.316. The van der Waals surface area contributed by atoms with Crippen molar-refractivity contribution in [3.63, 3.8) is 0 Å². The zero-order valence-electron chi connectivity index (χ0n) is 13.9. The molecule has 0 bridgehead atoms. The first-order valence-electron chi connectivity index (χ1n) is 8.32. The number of benzene rings is 1. The van der Waals surface area contributed by atoms with Crippen LogP contribution in [0.1, 0.15) is 43.7 Å².